The maximum atomic E-state index is 13.3. The highest BCUT2D eigenvalue weighted by Gasteiger charge is 2.41. The molecule has 116 valence electrons. The molecule has 2 rings (SSSR count). The Hall–Kier alpha value is -1.47. The molecule has 5 nitrogen and oxygen atoms in total. The zero-order valence-electron chi connectivity index (χ0n) is 12.1. The number of benzene rings is 1. The van der Waals surface area contributed by atoms with Crippen molar-refractivity contribution in [1.29, 1.82) is 0 Å². The van der Waals surface area contributed by atoms with Crippen molar-refractivity contribution in [2.75, 3.05) is 13.1 Å². The van der Waals surface area contributed by atoms with Gasteiger partial charge in [0, 0.05) is 13.1 Å². The Balaban J connectivity index is 2.43. The minimum atomic E-state index is -3.81. The number of halogens is 1. The molecule has 0 aliphatic carbocycles. The molecule has 0 saturated carbocycles. The van der Waals surface area contributed by atoms with Crippen LogP contribution in [0.5, 0.6) is 0 Å². The van der Waals surface area contributed by atoms with Crippen LogP contribution in [0.2, 0.25) is 0 Å². The molecule has 1 heterocycles. The van der Waals surface area contributed by atoms with Crippen molar-refractivity contribution < 1.29 is 22.7 Å². The molecule has 1 aliphatic heterocycles. The van der Waals surface area contributed by atoms with E-state index in [9.17, 15) is 17.6 Å². The Morgan fingerprint density at radius 1 is 1.29 bits per heavy atom. The molecule has 0 amide bonds. The van der Waals surface area contributed by atoms with E-state index in [1.54, 1.807) is 6.92 Å². The average molecular weight is 315 g/mol. The number of aliphatic carboxylic acids is 1. The van der Waals surface area contributed by atoms with Crippen molar-refractivity contribution in [3.8, 4) is 0 Å². The molecule has 1 fully saturated rings. The molecule has 1 N–H and O–H groups in total. The van der Waals surface area contributed by atoms with Gasteiger partial charge < -0.3 is 5.11 Å². The van der Waals surface area contributed by atoms with Crippen molar-refractivity contribution in [3.63, 3.8) is 0 Å². The minimum absolute atomic E-state index is 0.0465. The summed E-state index contributed by atoms with van der Waals surface area (Å²) < 4.78 is 39.9. The number of hydrogen-bond donors (Lipinski definition) is 1. The third-order valence-electron chi connectivity index (χ3n) is 3.92. The van der Waals surface area contributed by atoms with E-state index < -0.39 is 27.7 Å². The predicted molar refractivity (Wildman–Crippen MR) is 74.9 cm³/mol. The Morgan fingerprint density at radius 3 is 2.24 bits per heavy atom. The lowest BCUT2D eigenvalue weighted by Gasteiger charge is -2.19. The Kier molecular flexibility index (Phi) is 4.08. The van der Waals surface area contributed by atoms with E-state index in [-0.39, 0.29) is 23.9 Å². The highest BCUT2D eigenvalue weighted by atomic mass is 32.2. The van der Waals surface area contributed by atoms with Crippen LogP contribution in [-0.2, 0) is 14.8 Å². The van der Waals surface area contributed by atoms with Crippen LogP contribution in [-0.4, -0.2) is 36.9 Å². The van der Waals surface area contributed by atoms with Gasteiger partial charge in [-0.15, -0.1) is 0 Å². The second kappa shape index (κ2) is 5.38. The van der Waals surface area contributed by atoms with E-state index in [2.05, 4.69) is 0 Å². The van der Waals surface area contributed by atoms with E-state index in [1.165, 1.54) is 30.3 Å². The van der Waals surface area contributed by atoms with Gasteiger partial charge in [-0.2, -0.15) is 4.31 Å². The number of aryl methyl sites for hydroxylation is 2. The summed E-state index contributed by atoms with van der Waals surface area (Å²) in [5.41, 5.74) is 0.665. The monoisotopic (exact) mass is 315 g/mol. The topological polar surface area (TPSA) is 74.7 Å². The van der Waals surface area contributed by atoms with Gasteiger partial charge in [-0.3, -0.25) is 4.79 Å². The number of hydrogen-bond acceptors (Lipinski definition) is 3. The summed E-state index contributed by atoms with van der Waals surface area (Å²) in [6.07, 6.45) is 0. The van der Waals surface area contributed by atoms with Gasteiger partial charge in [0.2, 0.25) is 10.0 Å². The first-order chi connectivity index (χ1) is 9.64. The zero-order chi connectivity index (χ0) is 15.9. The van der Waals surface area contributed by atoms with Crippen LogP contribution in [0.25, 0.3) is 0 Å². The molecular formula is C14H18FNO4S. The molecule has 0 bridgehead atoms. The number of sulfonamides is 1. The molecule has 21 heavy (non-hydrogen) atoms. The largest absolute Gasteiger partial charge is 0.481 e. The molecule has 1 saturated heterocycles. The molecule has 1 aliphatic rings. The molecule has 0 aromatic heterocycles. The van der Waals surface area contributed by atoms with Crippen molar-refractivity contribution in [2.45, 2.75) is 25.7 Å². The van der Waals surface area contributed by atoms with E-state index in [0.717, 1.165) is 0 Å². The average Bonchev–Trinajstić information content (AvgIpc) is 2.70. The first kappa shape index (κ1) is 15.9. The van der Waals surface area contributed by atoms with E-state index in [1.807, 2.05) is 0 Å². The van der Waals surface area contributed by atoms with Crippen LogP contribution in [0.1, 0.15) is 18.1 Å². The van der Waals surface area contributed by atoms with E-state index >= 15 is 0 Å². The SMILES string of the molecule is Cc1cc(F)cc(C)c1S(=O)(=O)N1CC(C)C(C(=O)O)C1. The molecule has 1 aromatic rings. The fourth-order valence-electron chi connectivity index (χ4n) is 2.87. The summed E-state index contributed by atoms with van der Waals surface area (Å²) in [7, 11) is -3.81. The number of carboxylic acid groups (broad SMARTS) is 1. The Labute approximate surface area is 123 Å². The summed E-state index contributed by atoms with van der Waals surface area (Å²) in [5.74, 6) is -2.44. The predicted octanol–water partition coefficient (Wildman–Crippen LogP) is 1.78. The minimum Gasteiger partial charge on any atom is -0.481 e. The van der Waals surface area contributed by atoms with Crippen molar-refractivity contribution >= 4 is 16.0 Å². The van der Waals surface area contributed by atoms with Crippen LogP contribution >= 0.6 is 0 Å². The van der Waals surface area contributed by atoms with Crippen LogP contribution in [0.3, 0.4) is 0 Å². The standard InChI is InChI=1S/C14H18FNO4S/c1-8-4-11(15)5-9(2)13(8)21(19,20)16-6-10(3)12(7-16)14(17)18/h4-5,10,12H,6-7H2,1-3H3,(H,17,18). The molecular weight excluding hydrogens is 297 g/mol. The lowest BCUT2D eigenvalue weighted by atomic mass is 9.99. The van der Waals surface area contributed by atoms with E-state index in [4.69, 9.17) is 5.11 Å². The van der Waals surface area contributed by atoms with Gasteiger partial charge in [0.1, 0.15) is 5.82 Å². The van der Waals surface area contributed by atoms with Crippen molar-refractivity contribution in [3.05, 3.63) is 29.1 Å². The molecule has 0 radical (unpaired) electrons. The van der Waals surface area contributed by atoms with Gasteiger partial charge >= 0.3 is 5.97 Å². The Morgan fingerprint density at radius 2 is 1.81 bits per heavy atom. The summed E-state index contributed by atoms with van der Waals surface area (Å²) in [4.78, 5) is 11.2. The third-order valence-corrected chi connectivity index (χ3v) is 6.06. The number of carbonyl (C=O) groups is 1. The fraction of sp³-hybridized carbons (Fsp3) is 0.500. The highest BCUT2D eigenvalue weighted by Crippen LogP contribution is 2.31. The molecule has 7 heteroatoms. The summed E-state index contributed by atoms with van der Waals surface area (Å²) in [6.45, 7) is 4.91. The normalized spacial score (nSPS) is 23.4. The first-order valence-electron chi connectivity index (χ1n) is 6.64. The first-order valence-corrected chi connectivity index (χ1v) is 8.08. The molecule has 2 unspecified atom stereocenters. The van der Waals surface area contributed by atoms with Crippen molar-refractivity contribution in [1.82, 2.24) is 4.31 Å². The molecule has 1 aromatic carbocycles. The zero-order valence-corrected chi connectivity index (χ0v) is 12.9. The second-order valence-electron chi connectivity index (χ2n) is 5.61. The smallest absolute Gasteiger partial charge is 0.308 e. The summed E-state index contributed by atoms with van der Waals surface area (Å²) in [5, 5.41) is 9.11. The summed E-state index contributed by atoms with van der Waals surface area (Å²) in [6, 6.07) is 2.35. The van der Waals surface area contributed by atoms with Crippen LogP contribution in [0.4, 0.5) is 4.39 Å². The third kappa shape index (κ3) is 2.80. The van der Waals surface area contributed by atoms with Crippen LogP contribution in [0, 0.1) is 31.5 Å². The quantitative estimate of drug-likeness (QED) is 0.922. The lowest BCUT2D eigenvalue weighted by Crippen LogP contribution is -2.31. The lowest BCUT2D eigenvalue weighted by molar-refractivity contribution is -0.142. The van der Waals surface area contributed by atoms with Crippen LogP contribution < -0.4 is 0 Å². The number of rotatable bonds is 3. The maximum absolute atomic E-state index is 13.3. The van der Waals surface area contributed by atoms with Gasteiger partial charge in [-0.1, -0.05) is 6.92 Å². The highest BCUT2D eigenvalue weighted by molar-refractivity contribution is 7.89. The maximum Gasteiger partial charge on any atom is 0.308 e. The Bertz CT molecular complexity index is 663. The number of nitrogens with zero attached hydrogens (tertiary/aromatic N) is 1. The second-order valence-corrected chi connectivity index (χ2v) is 7.49. The van der Waals surface area contributed by atoms with Gasteiger partial charge in [0.15, 0.2) is 0 Å². The van der Waals surface area contributed by atoms with Gasteiger partial charge in [0.25, 0.3) is 0 Å². The van der Waals surface area contributed by atoms with E-state index in [0.29, 0.717) is 11.1 Å². The summed E-state index contributed by atoms with van der Waals surface area (Å²) >= 11 is 0. The van der Waals surface area contributed by atoms with Gasteiger partial charge in [-0.05, 0) is 43.0 Å². The van der Waals surface area contributed by atoms with Crippen molar-refractivity contribution in [2.24, 2.45) is 11.8 Å². The molecule has 2 atom stereocenters. The number of carboxylic acids is 1. The van der Waals surface area contributed by atoms with Gasteiger partial charge in [0.05, 0.1) is 10.8 Å². The fourth-order valence-corrected chi connectivity index (χ4v) is 4.85. The molecule has 0 spiro atoms. The van der Waals surface area contributed by atoms with Gasteiger partial charge in [-0.25, -0.2) is 12.8 Å². The van der Waals surface area contributed by atoms with Crippen LogP contribution in [0.15, 0.2) is 17.0 Å².